The van der Waals surface area contributed by atoms with Crippen molar-refractivity contribution >= 4 is 11.0 Å². The van der Waals surface area contributed by atoms with Crippen LogP contribution in [0.5, 0.6) is 5.75 Å². The minimum Gasteiger partial charge on any atom is -0.492 e. The molecule has 172 valence electrons. The summed E-state index contributed by atoms with van der Waals surface area (Å²) in [6, 6.07) is 3.73. The molecule has 1 fully saturated rings. The van der Waals surface area contributed by atoms with Crippen molar-refractivity contribution in [1.29, 1.82) is 0 Å². The molecule has 0 radical (unpaired) electrons. The van der Waals surface area contributed by atoms with Gasteiger partial charge in [0, 0.05) is 36.8 Å². The second-order valence-electron chi connectivity index (χ2n) is 8.69. The molecule has 10 heteroatoms. The number of alkyl halides is 3. The van der Waals surface area contributed by atoms with Crippen molar-refractivity contribution in [3.63, 3.8) is 0 Å². The number of fused-ring (bicyclic) bond motifs is 1. The van der Waals surface area contributed by atoms with E-state index in [4.69, 9.17) is 4.74 Å². The molecule has 0 amide bonds. The summed E-state index contributed by atoms with van der Waals surface area (Å²) in [5, 5.41) is 14.5. The summed E-state index contributed by atoms with van der Waals surface area (Å²) in [6.45, 7) is 5.64. The van der Waals surface area contributed by atoms with E-state index in [1.807, 2.05) is 6.92 Å². The fraction of sp³-hybridized carbons (Fsp3) is 0.500. The number of nitrogens with one attached hydrogen (secondary N) is 1. The second-order valence-corrected chi connectivity index (χ2v) is 8.69. The second kappa shape index (κ2) is 8.32. The van der Waals surface area contributed by atoms with Crippen molar-refractivity contribution in [2.75, 3.05) is 6.61 Å². The third kappa shape index (κ3) is 4.42. The van der Waals surface area contributed by atoms with Crippen molar-refractivity contribution < 1.29 is 23.0 Å². The highest BCUT2D eigenvalue weighted by Gasteiger charge is 2.40. The lowest BCUT2D eigenvalue weighted by molar-refractivity contribution is -0.136. The van der Waals surface area contributed by atoms with Crippen LogP contribution in [0.1, 0.15) is 50.9 Å². The number of nitrogens with zero attached hydrogens (tertiary/aromatic N) is 4. The number of benzene rings is 1. The van der Waals surface area contributed by atoms with E-state index in [0.29, 0.717) is 18.5 Å². The molecular weight excluding hydrogens is 423 g/mol. The summed E-state index contributed by atoms with van der Waals surface area (Å²) >= 11 is 0. The minimum atomic E-state index is -4.55. The van der Waals surface area contributed by atoms with Gasteiger partial charge < -0.3 is 19.7 Å². The first-order valence-electron chi connectivity index (χ1n) is 10.5. The molecule has 1 saturated heterocycles. The number of piperidine rings is 1. The van der Waals surface area contributed by atoms with E-state index >= 15 is 0 Å². The van der Waals surface area contributed by atoms with Crippen LogP contribution in [0.2, 0.25) is 0 Å². The molecule has 1 aliphatic heterocycles. The summed E-state index contributed by atoms with van der Waals surface area (Å²) in [6.07, 6.45) is 0.593. The number of aromatic nitrogens is 4. The van der Waals surface area contributed by atoms with Gasteiger partial charge in [-0.2, -0.15) is 13.2 Å². The first kappa shape index (κ1) is 22.5. The van der Waals surface area contributed by atoms with Gasteiger partial charge in [-0.05, 0) is 39.3 Å². The topological polar surface area (TPSA) is 85.1 Å². The fourth-order valence-corrected chi connectivity index (χ4v) is 4.43. The molecule has 32 heavy (non-hydrogen) atoms. The van der Waals surface area contributed by atoms with Gasteiger partial charge in [0.25, 0.3) is 0 Å². The smallest absolute Gasteiger partial charge is 0.418 e. The van der Waals surface area contributed by atoms with Crippen LogP contribution >= 0.6 is 0 Å². The minimum absolute atomic E-state index is 0.0349. The molecule has 1 aliphatic rings. The molecule has 0 unspecified atom stereocenters. The maximum atomic E-state index is 13.8. The lowest BCUT2D eigenvalue weighted by Gasteiger charge is -2.40. The Kier molecular flexibility index (Phi) is 5.85. The molecule has 2 aromatic heterocycles. The Morgan fingerprint density at radius 2 is 2.06 bits per heavy atom. The van der Waals surface area contributed by atoms with Crippen molar-refractivity contribution in [3.8, 4) is 5.75 Å². The maximum absolute atomic E-state index is 13.8. The van der Waals surface area contributed by atoms with E-state index < -0.39 is 17.3 Å². The van der Waals surface area contributed by atoms with Crippen molar-refractivity contribution in [2.24, 2.45) is 0 Å². The van der Waals surface area contributed by atoms with Crippen LogP contribution < -0.4 is 10.1 Å². The van der Waals surface area contributed by atoms with Crippen LogP contribution in [-0.4, -0.2) is 43.3 Å². The van der Waals surface area contributed by atoms with Crippen LogP contribution in [0.25, 0.3) is 11.0 Å². The standard InChI is InChI=1S/C22H26F3N5O2/c1-13(2)30-12-28-18-7-16(6-17(20(18)30)22(23,24)25)32-10-15-9-21(31,8-14(3)29-15)19-4-5-26-11-27-19/h4-7,11-15,29,31H,8-10H2,1-3H3/t14-,15-,21-/m0/s1. The summed E-state index contributed by atoms with van der Waals surface area (Å²) in [4.78, 5) is 12.2. The molecule has 0 bridgehead atoms. The van der Waals surface area contributed by atoms with Gasteiger partial charge in [0.2, 0.25) is 0 Å². The van der Waals surface area contributed by atoms with Crippen LogP contribution in [0.15, 0.2) is 37.1 Å². The normalized spacial score (nSPS) is 24.2. The first-order chi connectivity index (χ1) is 15.1. The van der Waals surface area contributed by atoms with E-state index in [0.717, 1.165) is 6.07 Å². The summed E-state index contributed by atoms with van der Waals surface area (Å²) in [5.74, 6) is 0.0874. The van der Waals surface area contributed by atoms with Gasteiger partial charge in [0.15, 0.2) is 0 Å². The number of rotatable bonds is 5. The number of hydrogen-bond donors (Lipinski definition) is 2. The average molecular weight is 449 g/mol. The molecule has 3 aromatic rings. The van der Waals surface area contributed by atoms with Crippen LogP contribution in [0.4, 0.5) is 13.2 Å². The highest BCUT2D eigenvalue weighted by molar-refractivity contribution is 5.81. The first-order valence-corrected chi connectivity index (χ1v) is 10.5. The van der Waals surface area contributed by atoms with E-state index in [1.54, 1.807) is 26.1 Å². The van der Waals surface area contributed by atoms with E-state index in [1.165, 1.54) is 23.3 Å². The Hall–Kier alpha value is -2.72. The molecular formula is C22H26F3N5O2. The molecule has 0 spiro atoms. The van der Waals surface area contributed by atoms with Crippen LogP contribution in [-0.2, 0) is 11.8 Å². The van der Waals surface area contributed by atoms with Gasteiger partial charge in [0.05, 0.1) is 28.6 Å². The van der Waals surface area contributed by atoms with Gasteiger partial charge >= 0.3 is 6.18 Å². The van der Waals surface area contributed by atoms with Crippen LogP contribution in [0, 0.1) is 0 Å². The number of halogens is 3. The molecule has 3 heterocycles. The number of ether oxygens (including phenoxy) is 1. The lowest BCUT2D eigenvalue weighted by atomic mass is 9.81. The number of aliphatic hydroxyl groups is 1. The Labute approximate surface area is 183 Å². The monoisotopic (exact) mass is 449 g/mol. The summed E-state index contributed by atoms with van der Waals surface area (Å²) < 4.78 is 48.7. The molecule has 0 saturated carbocycles. The maximum Gasteiger partial charge on any atom is 0.418 e. The predicted molar refractivity (Wildman–Crippen MR) is 112 cm³/mol. The van der Waals surface area contributed by atoms with Gasteiger partial charge in [-0.25, -0.2) is 15.0 Å². The van der Waals surface area contributed by atoms with Gasteiger partial charge in [-0.15, -0.1) is 0 Å². The van der Waals surface area contributed by atoms with Crippen LogP contribution in [0.3, 0.4) is 0 Å². The molecule has 1 aromatic carbocycles. The van der Waals surface area contributed by atoms with Gasteiger partial charge in [0.1, 0.15) is 24.3 Å². The highest BCUT2D eigenvalue weighted by atomic mass is 19.4. The Bertz CT molecular complexity index is 1090. The van der Waals surface area contributed by atoms with Gasteiger partial charge in [-0.1, -0.05) is 0 Å². The Morgan fingerprint density at radius 1 is 1.28 bits per heavy atom. The van der Waals surface area contributed by atoms with E-state index in [9.17, 15) is 18.3 Å². The van der Waals surface area contributed by atoms with Crippen molar-refractivity contribution in [3.05, 3.63) is 48.3 Å². The Balaban J connectivity index is 1.58. The SMILES string of the molecule is CC(C)n1cnc2cc(OC[C@@H]3C[C@](O)(c4ccncn4)C[C@H](C)N3)cc(C(F)(F)F)c21. The average Bonchev–Trinajstić information content (AvgIpc) is 3.15. The van der Waals surface area contributed by atoms with E-state index in [2.05, 4.69) is 20.3 Å². The third-order valence-electron chi connectivity index (χ3n) is 5.76. The van der Waals surface area contributed by atoms with Gasteiger partial charge in [-0.3, -0.25) is 0 Å². The fourth-order valence-electron chi connectivity index (χ4n) is 4.43. The largest absolute Gasteiger partial charge is 0.492 e. The Morgan fingerprint density at radius 3 is 2.72 bits per heavy atom. The number of hydrogen-bond acceptors (Lipinski definition) is 6. The molecule has 2 N–H and O–H groups in total. The predicted octanol–water partition coefficient (Wildman–Crippen LogP) is 3.83. The third-order valence-corrected chi connectivity index (χ3v) is 5.76. The van der Waals surface area contributed by atoms with Crippen molar-refractivity contribution in [1.82, 2.24) is 24.8 Å². The zero-order chi connectivity index (χ0) is 23.1. The van der Waals surface area contributed by atoms with Crippen molar-refractivity contribution in [2.45, 2.75) is 63.5 Å². The summed E-state index contributed by atoms with van der Waals surface area (Å²) in [5.41, 5.74) is -1.16. The zero-order valence-corrected chi connectivity index (χ0v) is 18.1. The molecule has 7 nitrogen and oxygen atoms in total. The molecule has 3 atom stereocenters. The lowest BCUT2D eigenvalue weighted by Crippen LogP contribution is -2.53. The quantitative estimate of drug-likeness (QED) is 0.616. The summed E-state index contributed by atoms with van der Waals surface area (Å²) in [7, 11) is 0. The molecule has 0 aliphatic carbocycles. The number of imidazole rings is 1. The van der Waals surface area contributed by atoms with E-state index in [-0.39, 0.29) is 41.5 Å². The molecule has 4 rings (SSSR count). The highest BCUT2D eigenvalue weighted by Crippen LogP contribution is 2.39. The zero-order valence-electron chi connectivity index (χ0n) is 18.1.